The molecular weight excluding hydrogens is 254 g/mol. The number of rotatable bonds is 1. The molecule has 20 heavy (non-hydrogen) atoms. The number of aliphatic imine (C=N–C) groups is 2. The quantitative estimate of drug-likeness (QED) is 0.757. The monoisotopic (exact) mass is 267 g/mol. The first-order chi connectivity index (χ1) is 9.76. The van der Waals surface area contributed by atoms with Crippen molar-refractivity contribution in [1.29, 1.82) is 0 Å². The number of aromatic nitrogens is 1. The van der Waals surface area contributed by atoms with Crippen LogP contribution in [0, 0.1) is 11.8 Å². The summed E-state index contributed by atoms with van der Waals surface area (Å²) in [6.45, 7) is 0.614. The van der Waals surface area contributed by atoms with E-state index in [2.05, 4.69) is 26.8 Å². The van der Waals surface area contributed by atoms with Gasteiger partial charge in [0.05, 0.1) is 26.1 Å². The molecule has 0 fully saturated rings. The zero-order chi connectivity index (χ0) is 13.9. The lowest BCUT2D eigenvalue weighted by atomic mass is 10.2. The molecule has 0 amide bonds. The fraction of sp³-hybridized carbons (Fsp3) is 0.214. The van der Waals surface area contributed by atoms with Crippen LogP contribution in [0.1, 0.15) is 5.56 Å². The van der Waals surface area contributed by atoms with E-state index in [0.717, 1.165) is 11.4 Å². The van der Waals surface area contributed by atoms with Crippen LogP contribution in [0.5, 0.6) is 0 Å². The molecule has 1 atom stereocenters. The van der Waals surface area contributed by atoms with E-state index in [4.69, 9.17) is 10.5 Å². The largest absolute Gasteiger partial charge is 0.480 e. The molecule has 2 aliphatic rings. The van der Waals surface area contributed by atoms with Crippen molar-refractivity contribution in [2.24, 2.45) is 9.98 Å². The molecule has 0 aliphatic carbocycles. The fourth-order valence-electron chi connectivity index (χ4n) is 1.96. The number of nitrogens with zero attached hydrogens (tertiary/aromatic N) is 4. The first-order valence-corrected chi connectivity index (χ1v) is 6.12. The molecule has 2 aliphatic heterocycles. The topological polar surface area (TPSA) is 76.1 Å². The van der Waals surface area contributed by atoms with Gasteiger partial charge >= 0.3 is 0 Å². The first kappa shape index (κ1) is 12.2. The number of nitrogen functional groups attached to an aromatic ring is 1. The number of nitrogens with two attached hydrogens (primary N) is 1. The molecule has 3 rings (SSSR count). The van der Waals surface area contributed by atoms with Gasteiger partial charge in [-0.1, -0.05) is 11.8 Å². The van der Waals surface area contributed by atoms with E-state index in [9.17, 15) is 0 Å². The molecule has 1 aromatic heterocycles. The van der Waals surface area contributed by atoms with Crippen molar-refractivity contribution in [2.75, 3.05) is 19.4 Å². The van der Waals surface area contributed by atoms with Crippen molar-refractivity contribution in [2.45, 2.75) is 6.04 Å². The Morgan fingerprint density at radius 2 is 2.40 bits per heavy atom. The highest BCUT2D eigenvalue weighted by molar-refractivity contribution is 6.31. The normalized spacial score (nSPS) is 19.6. The van der Waals surface area contributed by atoms with Crippen LogP contribution in [0.3, 0.4) is 0 Å². The minimum Gasteiger partial charge on any atom is -0.480 e. The Morgan fingerprint density at radius 1 is 1.50 bits per heavy atom. The summed E-state index contributed by atoms with van der Waals surface area (Å²) in [4.78, 5) is 14.4. The van der Waals surface area contributed by atoms with Gasteiger partial charge in [0, 0.05) is 11.8 Å². The van der Waals surface area contributed by atoms with Gasteiger partial charge in [-0.25, -0.2) is 9.98 Å². The van der Waals surface area contributed by atoms with E-state index in [1.165, 1.54) is 0 Å². The molecule has 0 saturated carbocycles. The number of methoxy groups -OCH3 is 1. The van der Waals surface area contributed by atoms with Crippen LogP contribution in [-0.4, -0.2) is 41.6 Å². The van der Waals surface area contributed by atoms with Crippen molar-refractivity contribution in [3.63, 3.8) is 0 Å². The summed E-state index contributed by atoms with van der Waals surface area (Å²) >= 11 is 0. The van der Waals surface area contributed by atoms with Crippen LogP contribution < -0.4 is 5.73 Å². The lowest BCUT2D eigenvalue weighted by molar-refractivity contribution is 0.277. The maximum Gasteiger partial charge on any atom is 0.230 e. The summed E-state index contributed by atoms with van der Waals surface area (Å²) in [5.41, 5.74) is 6.47. The smallest absolute Gasteiger partial charge is 0.230 e. The molecule has 100 valence electrons. The Balaban J connectivity index is 1.81. The van der Waals surface area contributed by atoms with E-state index in [-0.39, 0.29) is 6.04 Å². The zero-order valence-corrected chi connectivity index (χ0v) is 10.9. The Bertz CT molecular complexity index is 680. The van der Waals surface area contributed by atoms with Gasteiger partial charge in [0.25, 0.3) is 0 Å². The summed E-state index contributed by atoms with van der Waals surface area (Å²) in [6.07, 6.45) is 5.14. The van der Waals surface area contributed by atoms with Crippen LogP contribution in [-0.2, 0) is 4.74 Å². The summed E-state index contributed by atoms with van der Waals surface area (Å²) in [7, 11) is 1.59. The maximum atomic E-state index is 5.63. The van der Waals surface area contributed by atoms with Crippen LogP contribution in [0.25, 0.3) is 0 Å². The molecule has 2 N–H and O–H groups in total. The lowest BCUT2D eigenvalue weighted by Gasteiger charge is -2.21. The molecule has 0 saturated heterocycles. The number of ether oxygens (including phenoxy) is 1. The van der Waals surface area contributed by atoms with E-state index >= 15 is 0 Å². The standard InChI is InChI=1S/C14H13N5O/c1-20-14-9-19-11(7-17-13(19)8-18-14)3-2-10-4-5-16-12(15)6-10/h4-6,8-9,11H,7H2,1H3,(H2,15,16). The molecule has 1 aromatic rings. The van der Waals surface area contributed by atoms with Gasteiger partial charge in [-0.3, -0.25) is 4.99 Å². The second-order valence-corrected chi connectivity index (χ2v) is 4.29. The van der Waals surface area contributed by atoms with Crippen molar-refractivity contribution < 1.29 is 4.74 Å². The number of fused-ring (bicyclic) bond motifs is 1. The Kier molecular flexibility index (Phi) is 3.09. The number of pyridine rings is 1. The van der Waals surface area contributed by atoms with Gasteiger partial charge in [-0.05, 0) is 12.1 Å². The van der Waals surface area contributed by atoms with E-state index in [1.54, 1.807) is 25.6 Å². The van der Waals surface area contributed by atoms with Gasteiger partial charge in [-0.2, -0.15) is 0 Å². The molecule has 3 heterocycles. The summed E-state index contributed by atoms with van der Waals surface area (Å²) < 4.78 is 5.12. The summed E-state index contributed by atoms with van der Waals surface area (Å²) in [5, 5.41) is 0. The van der Waals surface area contributed by atoms with Gasteiger partial charge in [0.15, 0.2) is 0 Å². The Labute approximate surface area is 116 Å². The summed E-state index contributed by atoms with van der Waals surface area (Å²) in [5.74, 6) is 8.10. The van der Waals surface area contributed by atoms with Crippen molar-refractivity contribution >= 4 is 17.9 Å². The van der Waals surface area contributed by atoms with Crippen LogP contribution >= 0.6 is 0 Å². The molecule has 0 spiro atoms. The predicted octanol–water partition coefficient (Wildman–Crippen LogP) is 0.628. The molecular formula is C14H13N5O. The molecule has 1 unspecified atom stereocenters. The molecule has 0 bridgehead atoms. The molecule has 0 radical (unpaired) electrons. The summed E-state index contributed by atoms with van der Waals surface area (Å²) in [6, 6.07) is 3.56. The van der Waals surface area contributed by atoms with Crippen molar-refractivity contribution in [3.05, 3.63) is 36.0 Å². The van der Waals surface area contributed by atoms with Crippen LogP contribution in [0.4, 0.5) is 5.82 Å². The van der Waals surface area contributed by atoms with Crippen molar-refractivity contribution in [3.8, 4) is 11.8 Å². The zero-order valence-electron chi connectivity index (χ0n) is 10.9. The molecule has 6 heteroatoms. The lowest BCUT2D eigenvalue weighted by Crippen LogP contribution is -2.33. The second-order valence-electron chi connectivity index (χ2n) is 4.29. The van der Waals surface area contributed by atoms with E-state index in [1.807, 2.05) is 17.2 Å². The van der Waals surface area contributed by atoms with Crippen LogP contribution in [0.15, 0.2) is 40.4 Å². The molecule has 0 aromatic carbocycles. The van der Waals surface area contributed by atoms with Crippen LogP contribution in [0.2, 0.25) is 0 Å². The van der Waals surface area contributed by atoms with Gasteiger partial charge in [0.2, 0.25) is 5.88 Å². The average molecular weight is 267 g/mol. The van der Waals surface area contributed by atoms with Gasteiger partial charge < -0.3 is 15.4 Å². The fourth-order valence-corrected chi connectivity index (χ4v) is 1.96. The molecule has 6 nitrogen and oxygen atoms in total. The SMILES string of the molecule is COC1=CN2C(=NCC2C#Cc2ccnc(N)c2)C=N1. The minimum absolute atomic E-state index is 0.0173. The third-order valence-electron chi connectivity index (χ3n) is 2.96. The highest BCUT2D eigenvalue weighted by Crippen LogP contribution is 2.16. The average Bonchev–Trinajstić information content (AvgIpc) is 2.87. The maximum absolute atomic E-state index is 5.63. The van der Waals surface area contributed by atoms with Gasteiger partial charge in [0.1, 0.15) is 17.7 Å². The van der Waals surface area contributed by atoms with E-state index < -0.39 is 0 Å². The Hall–Kier alpha value is -2.81. The number of anilines is 1. The highest BCUT2D eigenvalue weighted by atomic mass is 16.5. The number of hydrogen-bond acceptors (Lipinski definition) is 6. The first-order valence-electron chi connectivity index (χ1n) is 6.12. The van der Waals surface area contributed by atoms with Crippen molar-refractivity contribution in [1.82, 2.24) is 9.88 Å². The number of amidine groups is 1. The third-order valence-corrected chi connectivity index (χ3v) is 2.96. The highest BCUT2D eigenvalue weighted by Gasteiger charge is 2.26. The second kappa shape index (κ2) is 5.05. The third kappa shape index (κ3) is 2.34. The van der Waals surface area contributed by atoms with E-state index in [0.29, 0.717) is 18.2 Å². The van der Waals surface area contributed by atoms with Gasteiger partial charge in [-0.15, -0.1) is 0 Å². The number of hydrogen-bond donors (Lipinski definition) is 1. The Morgan fingerprint density at radius 3 is 3.20 bits per heavy atom. The minimum atomic E-state index is -0.0173. The predicted molar refractivity (Wildman–Crippen MR) is 77.0 cm³/mol.